The Balaban J connectivity index is 1.33. The molecule has 0 saturated carbocycles. The fourth-order valence-corrected chi connectivity index (χ4v) is 6.33. The lowest BCUT2D eigenvalue weighted by Crippen LogP contribution is -2.50. The summed E-state index contributed by atoms with van der Waals surface area (Å²) < 4.78 is 28.0. The molecule has 1 saturated heterocycles. The molecule has 1 N–H and O–H groups in total. The first kappa shape index (κ1) is 20.3. The van der Waals surface area contributed by atoms with Gasteiger partial charge in [-0.2, -0.15) is 4.31 Å². The zero-order chi connectivity index (χ0) is 21.6. The van der Waals surface area contributed by atoms with Gasteiger partial charge in [-0.05, 0) is 61.9 Å². The van der Waals surface area contributed by atoms with Crippen molar-refractivity contribution in [3.05, 3.63) is 64.8 Å². The van der Waals surface area contributed by atoms with Crippen LogP contribution >= 0.6 is 0 Å². The van der Waals surface area contributed by atoms with Gasteiger partial charge in [0, 0.05) is 42.8 Å². The van der Waals surface area contributed by atoms with Crippen molar-refractivity contribution in [2.45, 2.75) is 37.5 Å². The van der Waals surface area contributed by atoms with Crippen LogP contribution in [0, 0.1) is 6.92 Å². The van der Waals surface area contributed by atoms with Crippen LogP contribution in [0.3, 0.4) is 0 Å². The van der Waals surface area contributed by atoms with Crippen LogP contribution in [-0.2, 0) is 22.9 Å². The Morgan fingerprint density at radius 3 is 2.42 bits per heavy atom. The number of piperazine rings is 1. The summed E-state index contributed by atoms with van der Waals surface area (Å²) in [6.45, 7) is 3.31. The minimum Gasteiger partial charge on any atom is -0.358 e. The molecule has 6 nitrogen and oxygen atoms in total. The number of fused-ring (bicyclic) bond motifs is 2. The lowest BCUT2D eigenvalue weighted by molar-refractivity contribution is 0.0699. The van der Waals surface area contributed by atoms with Gasteiger partial charge in [-0.25, -0.2) is 8.42 Å². The van der Waals surface area contributed by atoms with Crippen LogP contribution in [0.4, 0.5) is 0 Å². The van der Waals surface area contributed by atoms with Crippen molar-refractivity contribution >= 4 is 26.8 Å². The SMILES string of the molecule is Cc1[nH]c2ccccc2c1C(=O)N1CCN(S(=O)(=O)c2ccc3c(c2)CCCC3)CC1. The van der Waals surface area contributed by atoms with Gasteiger partial charge in [0.15, 0.2) is 0 Å². The number of benzene rings is 2. The summed E-state index contributed by atoms with van der Waals surface area (Å²) in [6, 6.07) is 13.3. The molecule has 3 aromatic rings. The van der Waals surface area contributed by atoms with E-state index < -0.39 is 10.0 Å². The number of para-hydroxylation sites is 1. The number of hydrogen-bond acceptors (Lipinski definition) is 3. The fourth-order valence-electron chi connectivity index (χ4n) is 4.86. The van der Waals surface area contributed by atoms with Gasteiger partial charge in [-0.3, -0.25) is 4.79 Å². The average Bonchev–Trinajstić information content (AvgIpc) is 3.14. The van der Waals surface area contributed by atoms with Gasteiger partial charge < -0.3 is 9.88 Å². The third-order valence-electron chi connectivity index (χ3n) is 6.59. The van der Waals surface area contributed by atoms with E-state index in [2.05, 4.69) is 4.98 Å². The number of aryl methyl sites for hydroxylation is 3. The molecule has 0 atom stereocenters. The van der Waals surface area contributed by atoms with Crippen molar-refractivity contribution in [3.8, 4) is 0 Å². The number of aromatic nitrogens is 1. The molecule has 2 heterocycles. The summed E-state index contributed by atoms with van der Waals surface area (Å²) in [5.74, 6) is -0.0409. The molecule has 0 bridgehead atoms. The standard InChI is InChI=1S/C24H27N3O3S/c1-17-23(21-8-4-5-9-22(21)25-17)24(28)26-12-14-27(15-13-26)31(29,30)20-11-10-18-6-2-3-7-19(18)16-20/h4-5,8-11,16,25H,2-3,6-7,12-15H2,1H3. The molecule has 31 heavy (non-hydrogen) atoms. The van der Waals surface area contributed by atoms with E-state index in [9.17, 15) is 13.2 Å². The van der Waals surface area contributed by atoms with Crippen molar-refractivity contribution in [2.75, 3.05) is 26.2 Å². The fraction of sp³-hybridized carbons (Fsp3) is 0.375. The zero-order valence-corrected chi connectivity index (χ0v) is 18.5. The molecule has 1 aliphatic carbocycles. The van der Waals surface area contributed by atoms with Crippen LogP contribution in [0.1, 0.15) is 40.0 Å². The topological polar surface area (TPSA) is 73.5 Å². The molecular weight excluding hydrogens is 410 g/mol. The Labute approximate surface area is 182 Å². The Bertz CT molecular complexity index is 1250. The maximum Gasteiger partial charge on any atom is 0.256 e. The quantitative estimate of drug-likeness (QED) is 0.682. The molecule has 0 radical (unpaired) electrons. The van der Waals surface area contributed by atoms with E-state index in [0.29, 0.717) is 36.6 Å². The highest BCUT2D eigenvalue weighted by Crippen LogP contribution is 2.27. The number of hydrogen-bond donors (Lipinski definition) is 1. The van der Waals surface area contributed by atoms with E-state index in [1.54, 1.807) is 11.0 Å². The Morgan fingerprint density at radius 2 is 1.65 bits per heavy atom. The van der Waals surface area contributed by atoms with Gasteiger partial charge in [0.05, 0.1) is 10.5 Å². The first-order chi connectivity index (χ1) is 14.9. The molecule has 7 heteroatoms. The van der Waals surface area contributed by atoms with Gasteiger partial charge in [-0.1, -0.05) is 24.3 Å². The Morgan fingerprint density at radius 1 is 0.935 bits per heavy atom. The summed E-state index contributed by atoms with van der Waals surface area (Å²) in [5, 5.41) is 0.911. The van der Waals surface area contributed by atoms with E-state index in [1.807, 2.05) is 43.3 Å². The van der Waals surface area contributed by atoms with Gasteiger partial charge in [0.25, 0.3) is 5.91 Å². The molecule has 162 valence electrons. The molecule has 1 aliphatic heterocycles. The lowest BCUT2D eigenvalue weighted by Gasteiger charge is -2.34. The maximum atomic E-state index is 13.2. The Kier molecular flexibility index (Phi) is 5.10. The van der Waals surface area contributed by atoms with Crippen molar-refractivity contribution in [3.63, 3.8) is 0 Å². The van der Waals surface area contributed by atoms with E-state index in [4.69, 9.17) is 0 Å². The number of amides is 1. The minimum absolute atomic E-state index is 0.0409. The largest absolute Gasteiger partial charge is 0.358 e. The van der Waals surface area contributed by atoms with Crippen molar-refractivity contribution in [1.82, 2.24) is 14.2 Å². The third kappa shape index (κ3) is 3.55. The summed E-state index contributed by atoms with van der Waals surface area (Å²) >= 11 is 0. The zero-order valence-electron chi connectivity index (χ0n) is 17.7. The highest BCUT2D eigenvalue weighted by atomic mass is 32.2. The Hall–Kier alpha value is -2.64. The van der Waals surface area contributed by atoms with E-state index in [0.717, 1.165) is 41.4 Å². The molecule has 2 aliphatic rings. The smallest absolute Gasteiger partial charge is 0.256 e. The van der Waals surface area contributed by atoms with Crippen molar-refractivity contribution < 1.29 is 13.2 Å². The van der Waals surface area contributed by atoms with Gasteiger partial charge in [0.2, 0.25) is 10.0 Å². The molecule has 1 aromatic heterocycles. The average molecular weight is 438 g/mol. The molecule has 0 spiro atoms. The molecule has 5 rings (SSSR count). The molecular formula is C24H27N3O3S. The molecule has 2 aromatic carbocycles. The number of nitrogens with zero attached hydrogens (tertiary/aromatic N) is 2. The second-order valence-electron chi connectivity index (χ2n) is 8.50. The van der Waals surface area contributed by atoms with Crippen LogP contribution in [0.15, 0.2) is 47.4 Å². The number of sulfonamides is 1. The van der Waals surface area contributed by atoms with E-state index in [-0.39, 0.29) is 5.91 Å². The molecule has 1 fully saturated rings. The van der Waals surface area contributed by atoms with Crippen LogP contribution < -0.4 is 0 Å². The lowest BCUT2D eigenvalue weighted by atomic mass is 9.92. The number of carbonyl (C=O) groups excluding carboxylic acids is 1. The van der Waals surface area contributed by atoms with E-state index >= 15 is 0 Å². The predicted octanol–water partition coefficient (Wildman–Crippen LogP) is 3.50. The second-order valence-corrected chi connectivity index (χ2v) is 10.4. The first-order valence-electron chi connectivity index (χ1n) is 10.9. The van der Waals surface area contributed by atoms with E-state index in [1.165, 1.54) is 16.3 Å². The molecule has 0 unspecified atom stereocenters. The van der Waals surface area contributed by atoms with Crippen LogP contribution in [0.2, 0.25) is 0 Å². The maximum absolute atomic E-state index is 13.2. The van der Waals surface area contributed by atoms with Gasteiger partial charge >= 0.3 is 0 Å². The number of H-pyrrole nitrogens is 1. The number of carbonyl (C=O) groups is 1. The van der Waals surface area contributed by atoms with Gasteiger partial charge in [-0.15, -0.1) is 0 Å². The number of rotatable bonds is 3. The van der Waals surface area contributed by atoms with Crippen molar-refractivity contribution in [2.24, 2.45) is 0 Å². The van der Waals surface area contributed by atoms with Gasteiger partial charge in [0.1, 0.15) is 0 Å². The third-order valence-corrected chi connectivity index (χ3v) is 8.49. The van der Waals surface area contributed by atoms with Crippen LogP contribution in [0.5, 0.6) is 0 Å². The second kappa shape index (κ2) is 7.80. The molecule has 1 amide bonds. The normalized spacial score (nSPS) is 17.6. The van der Waals surface area contributed by atoms with Crippen molar-refractivity contribution in [1.29, 1.82) is 0 Å². The first-order valence-corrected chi connectivity index (χ1v) is 12.4. The summed E-state index contributed by atoms with van der Waals surface area (Å²) in [7, 11) is -3.55. The minimum atomic E-state index is -3.55. The van der Waals surface area contributed by atoms with Crippen LogP contribution in [0.25, 0.3) is 10.9 Å². The summed E-state index contributed by atoms with van der Waals surface area (Å²) in [5.41, 5.74) is 4.90. The highest BCUT2D eigenvalue weighted by Gasteiger charge is 2.32. The highest BCUT2D eigenvalue weighted by molar-refractivity contribution is 7.89. The summed E-state index contributed by atoms with van der Waals surface area (Å²) in [4.78, 5) is 18.6. The summed E-state index contributed by atoms with van der Waals surface area (Å²) in [6.07, 6.45) is 4.27. The predicted molar refractivity (Wildman–Crippen MR) is 121 cm³/mol. The van der Waals surface area contributed by atoms with Crippen LogP contribution in [-0.4, -0.2) is 54.7 Å². The number of aromatic amines is 1. The monoisotopic (exact) mass is 437 g/mol. The number of nitrogens with one attached hydrogen (secondary N) is 1.